The summed E-state index contributed by atoms with van der Waals surface area (Å²) in [5.74, 6) is 2.55. The minimum Gasteiger partial charge on any atom is -0.454 e. The van der Waals surface area contributed by atoms with E-state index in [1.54, 1.807) is 0 Å². The normalized spacial score (nSPS) is 13.2. The highest BCUT2D eigenvalue weighted by Gasteiger charge is 2.21. The van der Waals surface area contributed by atoms with Crippen LogP contribution in [0.25, 0.3) is 11.4 Å². The van der Waals surface area contributed by atoms with Crippen molar-refractivity contribution in [2.45, 2.75) is 45.6 Å². The Morgan fingerprint density at radius 1 is 1.10 bits per heavy atom. The molecule has 4 rings (SSSR count). The van der Waals surface area contributed by atoms with Crippen molar-refractivity contribution in [1.29, 1.82) is 0 Å². The number of aromatic nitrogens is 2. The molecule has 162 valence electrons. The van der Waals surface area contributed by atoms with Gasteiger partial charge in [-0.05, 0) is 43.5 Å². The van der Waals surface area contributed by atoms with Gasteiger partial charge in [0, 0.05) is 31.0 Å². The molecule has 0 fully saturated rings. The molecule has 0 bridgehead atoms. The number of ether oxygens (including phenoxy) is 2. The van der Waals surface area contributed by atoms with E-state index in [4.69, 9.17) is 14.0 Å². The Balaban J connectivity index is 1.38. The van der Waals surface area contributed by atoms with E-state index in [1.165, 1.54) is 5.56 Å². The summed E-state index contributed by atoms with van der Waals surface area (Å²) in [5, 5.41) is 4.09. The number of aryl methyl sites for hydroxylation is 1. The lowest BCUT2D eigenvalue weighted by Crippen LogP contribution is -2.40. The van der Waals surface area contributed by atoms with Gasteiger partial charge in [-0.15, -0.1) is 0 Å². The summed E-state index contributed by atoms with van der Waals surface area (Å²) in [5.41, 5.74) is 1.97. The fourth-order valence-corrected chi connectivity index (χ4v) is 3.58. The second-order valence-corrected chi connectivity index (χ2v) is 7.66. The largest absolute Gasteiger partial charge is 0.454 e. The van der Waals surface area contributed by atoms with Crippen LogP contribution in [0.3, 0.4) is 0 Å². The molecule has 2 aromatic carbocycles. The van der Waals surface area contributed by atoms with Gasteiger partial charge in [0.25, 0.3) is 0 Å². The van der Waals surface area contributed by atoms with Crippen LogP contribution in [-0.2, 0) is 17.6 Å². The van der Waals surface area contributed by atoms with Crippen LogP contribution in [0.5, 0.6) is 11.5 Å². The Morgan fingerprint density at radius 2 is 1.90 bits per heavy atom. The summed E-state index contributed by atoms with van der Waals surface area (Å²) in [6.07, 6.45) is 2.63. The zero-order valence-electron chi connectivity index (χ0n) is 17.9. The molecule has 0 saturated heterocycles. The first-order valence-electron chi connectivity index (χ1n) is 10.7. The first-order valence-corrected chi connectivity index (χ1v) is 10.7. The topological polar surface area (TPSA) is 77.7 Å². The molecule has 0 aliphatic carbocycles. The second-order valence-electron chi connectivity index (χ2n) is 7.66. The lowest BCUT2D eigenvalue weighted by Gasteiger charge is -2.28. The third-order valence-electron chi connectivity index (χ3n) is 5.58. The predicted molar refractivity (Wildman–Crippen MR) is 116 cm³/mol. The molecule has 0 saturated carbocycles. The molecule has 7 heteroatoms. The van der Waals surface area contributed by atoms with E-state index in [1.807, 2.05) is 41.3 Å². The third-order valence-corrected chi connectivity index (χ3v) is 5.58. The SMILES string of the molecule is CCC(C)N(CCc1nc(-c2ccc3c(c2)OCO3)no1)C(=O)CCc1ccccc1. The van der Waals surface area contributed by atoms with Crippen molar-refractivity contribution in [3.8, 4) is 22.9 Å². The van der Waals surface area contributed by atoms with E-state index < -0.39 is 0 Å². The van der Waals surface area contributed by atoms with Gasteiger partial charge in [-0.2, -0.15) is 4.98 Å². The van der Waals surface area contributed by atoms with Crippen LogP contribution in [0.4, 0.5) is 0 Å². The van der Waals surface area contributed by atoms with Crippen molar-refractivity contribution in [1.82, 2.24) is 15.0 Å². The molecule has 0 N–H and O–H groups in total. The first kappa shape index (κ1) is 20.9. The van der Waals surface area contributed by atoms with Gasteiger partial charge in [0.05, 0.1) is 0 Å². The van der Waals surface area contributed by atoms with Crippen LogP contribution in [0.15, 0.2) is 53.1 Å². The molecule has 1 atom stereocenters. The van der Waals surface area contributed by atoms with Gasteiger partial charge < -0.3 is 18.9 Å². The van der Waals surface area contributed by atoms with E-state index in [9.17, 15) is 4.79 Å². The monoisotopic (exact) mass is 421 g/mol. The average molecular weight is 421 g/mol. The maximum Gasteiger partial charge on any atom is 0.231 e. The van der Waals surface area contributed by atoms with Crippen molar-refractivity contribution in [3.63, 3.8) is 0 Å². The summed E-state index contributed by atoms with van der Waals surface area (Å²) < 4.78 is 16.2. The highest BCUT2D eigenvalue weighted by Crippen LogP contribution is 2.35. The van der Waals surface area contributed by atoms with Gasteiger partial charge in [-0.25, -0.2) is 0 Å². The molecule has 0 radical (unpaired) electrons. The second kappa shape index (κ2) is 9.64. The zero-order chi connectivity index (χ0) is 21.6. The van der Waals surface area contributed by atoms with E-state index >= 15 is 0 Å². The highest BCUT2D eigenvalue weighted by atomic mass is 16.7. The van der Waals surface area contributed by atoms with E-state index in [-0.39, 0.29) is 18.7 Å². The number of nitrogens with zero attached hydrogens (tertiary/aromatic N) is 3. The van der Waals surface area contributed by atoms with Crippen LogP contribution in [0.2, 0.25) is 0 Å². The molecule has 1 aliphatic rings. The number of carbonyl (C=O) groups is 1. The molecule has 2 heterocycles. The van der Waals surface area contributed by atoms with Crippen molar-refractivity contribution < 1.29 is 18.8 Å². The van der Waals surface area contributed by atoms with Crippen molar-refractivity contribution in [2.24, 2.45) is 0 Å². The standard InChI is InChI=1S/C24H27N3O4/c1-3-17(2)27(23(28)12-9-18-7-5-4-6-8-18)14-13-22-25-24(26-31-22)19-10-11-20-21(15-19)30-16-29-20/h4-8,10-11,15,17H,3,9,12-14,16H2,1-2H3. The molecule has 1 aliphatic heterocycles. The fraction of sp³-hybridized carbons (Fsp3) is 0.375. The quantitative estimate of drug-likeness (QED) is 0.514. The lowest BCUT2D eigenvalue weighted by molar-refractivity contribution is -0.133. The van der Waals surface area contributed by atoms with E-state index in [0.717, 1.165) is 18.4 Å². The Bertz CT molecular complexity index is 1020. The van der Waals surface area contributed by atoms with Gasteiger partial charge in [0.1, 0.15) is 0 Å². The van der Waals surface area contributed by atoms with E-state index in [2.05, 4.69) is 36.1 Å². The van der Waals surface area contributed by atoms with Gasteiger partial charge >= 0.3 is 0 Å². The van der Waals surface area contributed by atoms with Crippen LogP contribution in [0.1, 0.15) is 38.1 Å². The third kappa shape index (κ3) is 5.05. The van der Waals surface area contributed by atoms with Crippen LogP contribution in [-0.4, -0.2) is 40.3 Å². The number of rotatable bonds is 9. The van der Waals surface area contributed by atoms with E-state index in [0.29, 0.717) is 42.6 Å². The minimum atomic E-state index is 0.147. The van der Waals surface area contributed by atoms with Gasteiger partial charge in [-0.3, -0.25) is 4.79 Å². The van der Waals surface area contributed by atoms with Gasteiger partial charge in [0.2, 0.25) is 24.4 Å². The molecule has 7 nitrogen and oxygen atoms in total. The van der Waals surface area contributed by atoms with Crippen LogP contribution >= 0.6 is 0 Å². The van der Waals surface area contributed by atoms with Gasteiger partial charge in [0.15, 0.2) is 11.5 Å². The van der Waals surface area contributed by atoms with Crippen molar-refractivity contribution in [2.75, 3.05) is 13.3 Å². The molecule has 1 aromatic heterocycles. The Kier molecular flexibility index (Phi) is 6.50. The summed E-state index contributed by atoms with van der Waals surface area (Å²) >= 11 is 0. The first-order chi connectivity index (χ1) is 15.1. The number of amides is 1. The smallest absolute Gasteiger partial charge is 0.231 e. The Morgan fingerprint density at radius 3 is 2.71 bits per heavy atom. The molecule has 3 aromatic rings. The number of hydrogen-bond acceptors (Lipinski definition) is 6. The molecule has 1 amide bonds. The van der Waals surface area contributed by atoms with Crippen molar-refractivity contribution in [3.05, 3.63) is 60.0 Å². The Hall–Kier alpha value is -3.35. The molecular formula is C24H27N3O4. The lowest BCUT2D eigenvalue weighted by atomic mass is 10.1. The van der Waals surface area contributed by atoms with Crippen LogP contribution < -0.4 is 9.47 Å². The fourth-order valence-electron chi connectivity index (χ4n) is 3.58. The average Bonchev–Trinajstić information content (AvgIpc) is 3.47. The predicted octanol–water partition coefficient (Wildman–Crippen LogP) is 4.27. The molecule has 1 unspecified atom stereocenters. The summed E-state index contributed by atoms with van der Waals surface area (Å²) in [6.45, 7) is 4.93. The van der Waals surface area contributed by atoms with Gasteiger partial charge in [-0.1, -0.05) is 42.4 Å². The number of benzene rings is 2. The van der Waals surface area contributed by atoms with Crippen molar-refractivity contribution >= 4 is 5.91 Å². The maximum atomic E-state index is 12.9. The van der Waals surface area contributed by atoms with Crippen LogP contribution in [0, 0.1) is 0 Å². The highest BCUT2D eigenvalue weighted by molar-refractivity contribution is 5.76. The zero-order valence-corrected chi connectivity index (χ0v) is 17.9. The molecule has 0 spiro atoms. The number of carbonyl (C=O) groups excluding carboxylic acids is 1. The summed E-state index contributed by atoms with van der Waals surface area (Å²) in [6, 6.07) is 15.8. The molecular weight excluding hydrogens is 394 g/mol. The molecule has 31 heavy (non-hydrogen) atoms. The number of hydrogen-bond donors (Lipinski definition) is 0. The Labute approximate surface area is 182 Å². The summed E-state index contributed by atoms with van der Waals surface area (Å²) in [4.78, 5) is 19.3. The minimum absolute atomic E-state index is 0.147. The number of fused-ring (bicyclic) bond motifs is 1. The summed E-state index contributed by atoms with van der Waals surface area (Å²) in [7, 11) is 0. The maximum absolute atomic E-state index is 12.9.